The monoisotopic (exact) mass is 323 g/mol. The molecule has 7 heteroatoms. The van der Waals surface area contributed by atoms with E-state index in [1.54, 1.807) is 0 Å². The lowest BCUT2D eigenvalue weighted by atomic mass is 9.95. The van der Waals surface area contributed by atoms with Crippen LogP contribution in [0.4, 0.5) is 0 Å². The van der Waals surface area contributed by atoms with E-state index in [0.29, 0.717) is 12.3 Å². The number of rotatable bonds is 7. The van der Waals surface area contributed by atoms with E-state index in [1.165, 1.54) is 7.11 Å². The second-order valence-corrected chi connectivity index (χ2v) is 7.28. The molecule has 1 spiro atoms. The molecule has 2 amide bonds. The van der Waals surface area contributed by atoms with Crippen molar-refractivity contribution in [1.29, 1.82) is 0 Å². The molecule has 3 atom stereocenters. The first-order valence-electron chi connectivity index (χ1n) is 8.38. The quantitative estimate of drug-likeness (QED) is 0.563. The molecule has 1 unspecified atom stereocenters. The summed E-state index contributed by atoms with van der Waals surface area (Å²) in [5.41, 5.74) is 5.85. The van der Waals surface area contributed by atoms with Gasteiger partial charge in [-0.2, -0.15) is 0 Å². The lowest BCUT2D eigenvalue weighted by Crippen LogP contribution is -2.49. The molecule has 0 aromatic carbocycles. The van der Waals surface area contributed by atoms with Crippen LogP contribution in [-0.4, -0.2) is 42.5 Å². The molecule has 3 rings (SSSR count). The summed E-state index contributed by atoms with van der Waals surface area (Å²) in [6.45, 7) is 0. The van der Waals surface area contributed by atoms with Gasteiger partial charge in [0, 0.05) is 11.5 Å². The normalized spacial score (nSPS) is 27.2. The molecule has 4 N–H and O–H groups in total. The number of amides is 2. The SMILES string of the molecule is COC(=O)[C@H](CC1CC2(CC2)NC1=O)NC(=O)[C@@H](N)CC1CC1. The van der Waals surface area contributed by atoms with Crippen LogP contribution in [0, 0.1) is 11.8 Å². The number of hydrogen-bond acceptors (Lipinski definition) is 5. The van der Waals surface area contributed by atoms with Crippen LogP contribution in [0.1, 0.15) is 44.9 Å². The van der Waals surface area contributed by atoms with Crippen LogP contribution in [0.15, 0.2) is 0 Å². The highest BCUT2D eigenvalue weighted by Gasteiger charge is 2.52. The molecule has 3 fully saturated rings. The van der Waals surface area contributed by atoms with Crippen LogP contribution in [0.5, 0.6) is 0 Å². The van der Waals surface area contributed by atoms with Crippen molar-refractivity contribution in [2.24, 2.45) is 17.6 Å². The highest BCUT2D eigenvalue weighted by Crippen LogP contribution is 2.46. The summed E-state index contributed by atoms with van der Waals surface area (Å²) >= 11 is 0. The maximum Gasteiger partial charge on any atom is 0.328 e. The molecule has 0 radical (unpaired) electrons. The molecule has 2 aliphatic carbocycles. The molecule has 1 heterocycles. The topological polar surface area (TPSA) is 111 Å². The molecule has 0 aromatic heterocycles. The van der Waals surface area contributed by atoms with Crippen LogP contribution < -0.4 is 16.4 Å². The zero-order valence-electron chi connectivity index (χ0n) is 13.5. The first-order valence-corrected chi connectivity index (χ1v) is 8.38. The third kappa shape index (κ3) is 3.83. The average molecular weight is 323 g/mol. The predicted molar refractivity (Wildman–Crippen MR) is 82.1 cm³/mol. The summed E-state index contributed by atoms with van der Waals surface area (Å²) in [7, 11) is 1.28. The highest BCUT2D eigenvalue weighted by atomic mass is 16.5. The summed E-state index contributed by atoms with van der Waals surface area (Å²) in [6, 6.07) is -1.43. The van der Waals surface area contributed by atoms with Gasteiger partial charge in [0.15, 0.2) is 0 Å². The molecular formula is C16H25N3O4. The predicted octanol–water partition coefficient (Wildman–Crippen LogP) is -0.170. The Morgan fingerprint density at radius 2 is 2.09 bits per heavy atom. The minimum absolute atomic E-state index is 0.0343. The number of ether oxygens (including phenoxy) is 1. The van der Waals surface area contributed by atoms with Gasteiger partial charge in [-0.3, -0.25) is 9.59 Å². The molecule has 23 heavy (non-hydrogen) atoms. The van der Waals surface area contributed by atoms with Gasteiger partial charge in [0.25, 0.3) is 0 Å². The van der Waals surface area contributed by atoms with Crippen molar-refractivity contribution in [2.45, 2.75) is 62.6 Å². The van der Waals surface area contributed by atoms with E-state index in [1.807, 2.05) is 0 Å². The van der Waals surface area contributed by atoms with Gasteiger partial charge >= 0.3 is 5.97 Å². The lowest BCUT2D eigenvalue weighted by molar-refractivity contribution is -0.146. The Morgan fingerprint density at radius 3 is 2.61 bits per heavy atom. The van der Waals surface area contributed by atoms with Crippen LogP contribution >= 0.6 is 0 Å². The number of nitrogens with one attached hydrogen (secondary N) is 2. The Hall–Kier alpha value is -1.63. The fourth-order valence-electron chi connectivity index (χ4n) is 3.39. The zero-order chi connectivity index (χ0) is 16.6. The number of carbonyl (C=O) groups excluding carboxylic acids is 3. The molecule has 128 valence electrons. The van der Waals surface area contributed by atoms with E-state index in [-0.39, 0.29) is 29.7 Å². The Morgan fingerprint density at radius 1 is 1.39 bits per heavy atom. The Labute approximate surface area is 135 Å². The molecule has 3 aliphatic rings. The average Bonchev–Trinajstić information content (AvgIpc) is 3.42. The molecule has 0 bridgehead atoms. The summed E-state index contributed by atoms with van der Waals surface area (Å²) in [6.07, 6.45) is 5.86. The largest absolute Gasteiger partial charge is 0.467 e. The van der Waals surface area contributed by atoms with E-state index in [2.05, 4.69) is 10.6 Å². The first kappa shape index (κ1) is 16.2. The van der Waals surface area contributed by atoms with Crippen molar-refractivity contribution in [3.8, 4) is 0 Å². The fourth-order valence-corrected chi connectivity index (χ4v) is 3.39. The molecule has 2 saturated carbocycles. The van der Waals surface area contributed by atoms with Crippen LogP contribution in [0.2, 0.25) is 0 Å². The third-order valence-corrected chi connectivity index (χ3v) is 5.19. The molecular weight excluding hydrogens is 298 g/mol. The Balaban J connectivity index is 1.57. The maximum absolute atomic E-state index is 12.2. The number of methoxy groups -OCH3 is 1. The summed E-state index contributed by atoms with van der Waals surface area (Å²) in [5.74, 6) is -0.634. The zero-order valence-corrected chi connectivity index (χ0v) is 13.5. The van der Waals surface area contributed by atoms with Crippen molar-refractivity contribution in [1.82, 2.24) is 10.6 Å². The summed E-state index contributed by atoms with van der Waals surface area (Å²) in [5, 5.41) is 5.68. The fraction of sp³-hybridized carbons (Fsp3) is 0.812. The van der Waals surface area contributed by atoms with Crippen LogP contribution in [-0.2, 0) is 19.1 Å². The van der Waals surface area contributed by atoms with E-state index in [0.717, 1.165) is 32.1 Å². The van der Waals surface area contributed by atoms with Crippen molar-refractivity contribution in [2.75, 3.05) is 7.11 Å². The van der Waals surface area contributed by atoms with Gasteiger partial charge < -0.3 is 21.1 Å². The second-order valence-electron chi connectivity index (χ2n) is 7.28. The van der Waals surface area contributed by atoms with Gasteiger partial charge in [-0.05, 0) is 38.0 Å². The first-order chi connectivity index (χ1) is 10.9. The van der Waals surface area contributed by atoms with Gasteiger partial charge in [0.1, 0.15) is 6.04 Å². The van der Waals surface area contributed by atoms with Crippen molar-refractivity contribution in [3.05, 3.63) is 0 Å². The molecule has 7 nitrogen and oxygen atoms in total. The standard InChI is InChI=1S/C16H25N3O4/c1-23-15(22)12(18-14(21)11(17)6-9-2-3-9)7-10-8-16(4-5-16)19-13(10)20/h9-12H,2-8,17H2,1H3,(H,18,21)(H,19,20)/t10?,11-,12-/m0/s1. The second kappa shape index (κ2) is 6.11. The van der Waals surface area contributed by atoms with Gasteiger partial charge in [-0.1, -0.05) is 12.8 Å². The summed E-state index contributed by atoms with van der Waals surface area (Å²) < 4.78 is 4.77. The van der Waals surface area contributed by atoms with E-state index in [9.17, 15) is 14.4 Å². The number of hydrogen-bond donors (Lipinski definition) is 3. The van der Waals surface area contributed by atoms with Gasteiger partial charge in [-0.15, -0.1) is 0 Å². The number of esters is 1. The van der Waals surface area contributed by atoms with Gasteiger partial charge in [0.05, 0.1) is 13.2 Å². The van der Waals surface area contributed by atoms with E-state index < -0.39 is 18.1 Å². The highest BCUT2D eigenvalue weighted by molar-refractivity contribution is 5.88. The van der Waals surface area contributed by atoms with Gasteiger partial charge in [0.2, 0.25) is 11.8 Å². The molecule has 1 saturated heterocycles. The van der Waals surface area contributed by atoms with Crippen molar-refractivity contribution >= 4 is 17.8 Å². The Bertz CT molecular complexity index is 513. The maximum atomic E-state index is 12.2. The van der Waals surface area contributed by atoms with Crippen molar-refractivity contribution in [3.63, 3.8) is 0 Å². The summed E-state index contributed by atoms with van der Waals surface area (Å²) in [4.78, 5) is 36.2. The van der Waals surface area contributed by atoms with Crippen LogP contribution in [0.25, 0.3) is 0 Å². The van der Waals surface area contributed by atoms with Crippen molar-refractivity contribution < 1.29 is 19.1 Å². The van der Waals surface area contributed by atoms with E-state index >= 15 is 0 Å². The van der Waals surface area contributed by atoms with Crippen LogP contribution in [0.3, 0.4) is 0 Å². The number of nitrogens with two attached hydrogens (primary N) is 1. The molecule has 0 aromatic rings. The van der Waals surface area contributed by atoms with E-state index in [4.69, 9.17) is 10.5 Å². The molecule has 1 aliphatic heterocycles. The number of carbonyl (C=O) groups is 3. The Kier molecular flexibility index (Phi) is 4.31. The third-order valence-electron chi connectivity index (χ3n) is 5.19. The minimum atomic E-state index is -0.817. The minimum Gasteiger partial charge on any atom is -0.467 e. The van der Waals surface area contributed by atoms with Gasteiger partial charge in [-0.25, -0.2) is 4.79 Å². The lowest BCUT2D eigenvalue weighted by Gasteiger charge is -2.21. The smallest absolute Gasteiger partial charge is 0.328 e.